The topological polar surface area (TPSA) is 63.4 Å². The molecule has 2 N–H and O–H groups in total. The van der Waals surface area contributed by atoms with Crippen LogP contribution in [0, 0.1) is 0 Å². The average Bonchev–Trinajstić information content (AvgIpc) is 2.42. The number of nitrogens with zero attached hydrogens (tertiary/aromatic N) is 1. The summed E-state index contributed by atoms with van der Waals surface area (Å²) in [5.74, 6) is -0.393. The van der Waals surface area contributed by atoms with Crippen LogP contribution in [0.4, 0.5) is 0 Å². The standard InChI is InChI=1S/C9H14N2O2/c10-6-2-1-3-7-11-8(12)4-5-9(11)13/h4-5H,1-3,6-7,10H2. The van der Waals surface area contributed by atoms with Gasteiger partial charge in [0.15, 0.2) is 0 Å². The van der Waals surface area contributed by atoms with Crippen molar-refractivity contribution in [2.24, 2.45) is 5.73 Å². The van der Waals surface area contributed by atoms with Gasteiger partial charge < -0.3 is 5.73 Å². The molecule has 72 valence electrons. The molecule has 0 aromatic rings. The lowest BCUT2D eigenvalue weighted by Gasteiger charge is -2.12. The van der Waals surface area contributed by atoms with E-state index in [-0.39, 0.29) is 11.8 Å². The third kappa shape index (κ3) is 2.66. The number of amides is 2. The number of hydrogen-bond donors (Lipinski definition) is 1. The fourth-order valence-corrected chi connectivity index (χ4v) is 1.24. The lowest BCUT2D eigenvalue weighted by atomic mass is 10.2. The molecule has 4 heteroatoms. The predicted molar refractivity (Wildman–Crippen MR) is 48.8 cm³/mol. The zero-order valence-corrected chi connectivity index (χ0v) is 7.53. The van der Waals surface area contributed by atoms with Gasteiger partial charge in [0.05, 0.1) is 0 Å². The van der Waals surface area contributed by atoms with E-state index in [2.05, 4.69) is 0 Å². The summed E-state index contributed by atoms with van der Waals surface area (Å²) in [5, 5.41) is 0. The van der Waals surface area contributed by atoms with Gasteiger partial charge in [-0.3, -0.25) is 14.5 Å². The third-order valence-electron chi connectivity index (χ3n) is 1.99. The summed E-state index contributed by atoms with van der Waals surface area (Å²) in [7, 11) is 0. The third-order valence-corrected chi connectivity index (χ3v) is 1.99. The molecule has 1 rings (SSSR count). The Labute approximate surface area is 77.4 Å². The van der Waals surface area contributed by atoms with Gasteiger partial charge in [0, 0.05) is 18.7 Å². The van der Waals surface area contributed by atoms with Crippen LogP contribution in [0.15, 0.2) is 12.2 Å². The van der Waals surface area contributed by atoms with Crippen molar-refractivity contribution < 1.29 is 9.59 Å². The number of rotatable bonds is 5. The second kappa shape index (κ2) is 4.77. The Balaban J connectivity index is 2.22. The minimum atomic E-state index is -0.197. The molecule has 0 spiro atoms. The van der Waals surface area contributed by atoms with Crippen LogP contribution in [0.2, 0.25) is 0 Å². The van der Waals surface area contributed by atoms with E-state index in [9.17, 15) is 9.59 Å². The first-order valence-electron chi connectivity index (χ1n) is 4.49. The summed E-state index contributed by atoms with van der Waals surface area (Å²) in [6.45, 7) is 1.19. The summed E-state index contributed by atoms with van der Waals surface area (Å²) in [4.78, 5) is 23.3. The Morgan fingerprint density at radius 2 is 1.69 bits per heavy atom. The van der Waals surface area contributed by atoms with Gasteiger partial charge in [-0.05, 0) is 19.4 Å². The minimum absolute atomic E-state index is 0.197. The van der Waals surface area contributed by atoms with Gasteiger partial charge >= 0.3 is 0 Å². The van der Waals surface area contributed by atoms with Gasteiger partial charge in [-0.2, -0.15) is 0 Å². The van der Waals surface area contributed by atoms with Crippen LogP contribution < -0.4 is 5.73 Å². The largest absolute Gasteiger partial charge is 0.330 e. The van der Waals surface area contributed by atoms with Gasteiger partial charge in [0.25, 0.3) is 11.8 Å². The number of hydrogen-bond acceptors (Lipinski definition) is 3. The smallest absolute Gasteiger partial charge is 0.253 e. The second-order valence-electron chi connectivity index (χ2n) is 3.01. The van der Waals surface area contributed by atoms with E-state index >= 15 is 0 Å². The number of nitrogens with two attached hydrogens (primary N) is 1. The molecule has 0 fully saturated rings. The summed E-state index contributed by atoms with van der Waals surface area (Å²) in [6, 6.07) is 0. The average molecular weight is 182 g/mol. The number of carbonyl (C=O) groups is 2. The Bertz CT molecular complexity index is 218. The first kappa shape index (κ1) is 9.92. The minimum Gasteiger partial charge on any atom is -0.330 e. The highest BCUT2D eigenvalue weighted by atomic mass is 16.2. The van der Waals surface area contributed by atoms with E-state index < -0.39 is 0 Å². The maximum atomic E-state index is 11.0. The Hall–Kier alpha value is -1.16. The molecule has 1 heterocycles. The molecule has 0 saturated heterocycles. The van der Waals surface area contributed by atoms with Crippen molar-refractivity contribution in [3.8, 4) is 0 Å². The van der Waals surface area contributed by atoms with Crippen molar-refractivity contribution in [2.45, 2.75) is 19.3 Å². The van der Waals surface area contributed by atoms with E-state index in [1.807, 2.05) is 0 Å². The maximum Gasteiger partial charge on any atom is 0.253 e. The van der Waals surface area contributed by atoms with E-state index in [0.29, 0.717) is 13.1 Å². The molecule has 0 aliphatic carbocycles. The van der Waals surface area contributed by atoms with Crippen LogP contribution in [0.25, 0.3) is 0 Å². The first-order chi connectivity index (χ1) is 6.25. The monoisotopic (exact) mass is 182 g/mol. The van der Waals surface area contributed by atoms with Gasteiger partial charge in [-0.15, -0.1) is 0 Å². The lowest BCUT2D eigenvalue weighted by Crippen LogP contribution is -2.30. The molecule has 0 aromatic carbocycles. The van der Waals surface area contributed by atoms with E-state index in [4.69, 9.17) is 5.73 Å². The number of unbranched alkanes of at least 4 members (excludes halogenated alkanes) is 2. The predicted octanol–water partition coefficient (Wildman–Crippen LogP) is 0.0404. The molecule has 0 saturated carbocycles. The summed E-state index contributed by atoms with van der Waals surface area (Å²) >= 11 is 0. The van der Waals surface area contributed by atoms with Crippen LogP contribution in [0.3, 0.4) is 0 Å². The number of carbonyl (C=O) groups excluding carboxylic acids is 2. The molecule has 0 aromatic heterocycles. The van der Waals surface area contributed by atoms with Crippen LogP contribution in [0.1, 0.15) is 19.3 Å². The zero-order chi connectivity index (χ0) is 9.68. The van der Waals surface area contributed by atoms with Crippen LogP contribution in [-0.4, -0.2) is 29.8 Å². The zero-order valence-electron chi connectivity index (χ0n) is 7.53. The normalized spacial score (nSPS) is 15.9. The maximum absolute atomic E-state index is 11.0. The van der Waals surface area contributed by atoms with Crippen molar-refractivity contribution in [3.05, 3.63) is 12.2 Å². The van der Waals surface area contributed by atoms with E-state index in [0.717, 1.165) is 19.3 Å². The van der Waals surface area contributed by atoms with Gasteiger partial charge in [-0.1, -0.05) is 6.42 Å². The molecule has 4 nitrogen and oxygen atoms in total. The summed E-state index contributed by atoms with van der Waals surface area (Å²) in [6.07, 6.45) is 5.38. The Morgan fingerprint density at radius 1 is 1.08 bits per heavy atom. The summed E-state index contributed by atoms with van der Waals surface area (Å²) < 4.78 is 0. The lowest BCUT2D eigenvalue weighted by molar-refractivity contribution is -0.136. The SMILES string of the molecule is NCCCCCN1C(=O)C=CC1=O. The Kier molecular flexibility index (Phi) is 3.64. The molecular formula is C9H14N2O2. The second-order valence-corrected chi connectivity index (χ2v) is 3.01. The first-order valence-corrected chi connectivity index (χ1v) is 4.49. The molecule has 1 aliphatic heterocycles. The molecule has 2 amide bonds. The van der Waals surface area contributed by atoms with Crippen LogP contribution in [-0.2, 0) is 9.59 Å². The molecule has 13 heavy (non-hydrogen) atoms. The molecule has 0 radical (unpaired) electrons. The quantitative estimate of drug-likeness (QED) is 0.482. The molecule has 0 atom stereocenters. The Morgan fingerprint density at radius 3 is 2.23 bits per heavy atom. The highest BCUT2D eigenvalue weighted by molar-refractivity contribution is 6.12. The van der Waals surface area contributed by atoms with Gasteiger partial charge in [-0.25, -0.2) is 0 Å². The van der Waals surface area contributed by atoms with E-state index in [1.54, 1.807) is 0 Å². The molecule has 0 bridgehead atoms. The highest BCUT2D eigenvalue weighted by Crippen LogP contribution is 2.05. The van der Waals surface area contributed by atoms with Crippen molar-refractivity contribution in [2.75, 3.05) is 13.1 Å². The van der Waals surface area contributed by atoms with Crippen molar-refractivity contribution in [1.82, 2.24) is 4.90 Å². The molecule has 0 unspecified atom stereocenters. The fourth-order valence-electron chi connectivity index (χ4n) is 1.24. The summed E-state index contributed by atoms with van der Waals surface area (Å²) in [5.41, 5.74) is 5.32. The van der Waals surface area contributed by atoms with Gasteiger partial charge in [0.2, 0.25) is 0 Å². The fraction of sp³-hybridized carbons (Fsp3) is 0.556. The van der Waals surface area contributed by atoms with E-state index in [1.165, 1.54) is 17.1 Å². The van der Waals surface area contributed by atoms with Gasteiger partial charge in [0.1, 0.15) is 0 Å². The van der Waals surface area contributed by atoms with Crippen molar-refractivity contribution >= 4 is 11.8 Å². The molecule has 1 aliphatic rings. The van der Waals surface area contributed by atoms with Crippen LogP contribution >= 0.6 is 0 Å². The van der Waals surface area contributed by atoms with Crippen LogP contribution in [0.5, 0.6) is 0 Å². The molecular weight excluding hydrogens is 168 g/mol. The highest BCUT2D eigenvalue weighted by Gasteiger charge is 2.21. The van der Waals surface area contributed by atoms with Crippen molar-refractivity contribution in [1.29, 1.82) is 0 Å². The number of imide groups is 1. The van der Waals surface area contributed by atoms with Crippen molar-refractivity contribution in [3.63, 3.8) is 0 Å².